The smallest absolute Gasteiger partial charge is 0.249 e. The number of amides is 2. The monoisotopic (exact) mass is 515 g/mol. The summed E-state index contributed by atoms with van der Waals surface area (Å²) in [5.74, 6) is -0.241. The first-order valence-corrected chi connectivity index (χ1v) is 11.3. The van der Waals surface area contributed by atoms with Gasteiger partial charge in [0, 0.05) is 10.2 Å². The predicted octanol–water partition coefficient (Wildman–Crippen LogP) is 4.60. The molecule has 1 heterocycles. The lowest BCUT2D eigenvalue weighted by atomic mass is 10.0. The van der Waals surface area contributed by atoms with Crippen LogP contribution in [0, 0.1) is 0 Å². The van der Waals surface area contributed by atoms with Gasteiger partial charge in [-0.2, -0.15) is 0 Å². The second-order valence-corrected chi connectivity index (χ2v) is 8.77. The number of carbonyl (C=O) groups is 2. The zero-order valence-electron chi connectivity index (χ0n) is 18.1. The fourth-order valence-electron chi connectivity index (χ4n) is 4.07. The van der Waals surface area contributed by atoms with Gasteiger partial charge in [-0.3, -0.25) is 9.59 Å². The second kappa shape index (κ2) is 10.5. The highest BCUT2D eigenvalue weighted by molar-refractivity contribution is 9.10. The zero-order valence-corrected chi connectivity index (χ0v) is 20.5. The molecule has 3 aromatic carbocycles. The number of carbonyl (C=O) groups excluding carboxylic acids is 2. The highest BCUT2D eigenvalue weighted by atomic mass is 79.9. The van der Waals surface area contributed by atoms with Crippen LogP contribution < -0.4 is 15.5 Å². The number of hydrogen-bond acceptors (Lipinski definition) is 3. The molecule has 3 aromatic rings. The molecule has 1 aliphatic rings. The molecule has 4 rings (SSSR count). The average Bonchev–Trinajstić information content (AvgIpc) is 2.92. The molecule has 5 nitrogen and oxygen atoms in total. The van der Waals surface area contributed by atoms with Crippen molar-refractivity contribution < 1.29 is 9.59 Å². The topological polar surface area (TPSA) is 61.4 Å². The number of para-hydroxylation sites is 1. The van der Waals surface area contributed by atoms with E-state index in [1.165, 1.54) is 0 Å². The average molecular weight is 517 g/mol. The summed E-state index contributed by atoms with van der Waals surface area (Å²) in [6.45, 7) is 2.23. The van der Waals surface area contributed by atoms with Gasteiger partial charge in [0.05, 0.1) is 12.6 Å². The molecule has 0 bridgehead atoms. The maximum absolute atomic E-state index is 13.6. The maximum Gasteiger partial charge on any atom is 0.249 e. The molecule has 32 heavy (non-hydrogen) atoms. The van der Waals surface area contributed by atoms with E-state index >= 15 is 0 Å². The number of halogens is 2. The van der Waals surface area contributed by atoms with Crippen molar-refractivity contribution in [2.45, 2.75) is 38.4 Å². The zero-order chi connectivity index (χ0) is 22.0. The number of benzene rings is 3. The Kier molecular flexibility index (Phi) is 7.93. The van der Waals surface area contributed by atoms with Crippen LogP contribution in [-0.4, -0.2) is 30.9 Å². The van der Waals surface area contributed by atoms with E-state index in [0.29, 0.717) is 13.0 Å². The Morgan fingerprint density at radius 3 is 2.53 bits per heavy atom. The van der Waals surface area contributed by atoms with Crippen molar-refractivity contribution in [3.8, 4) is 0 Å². The first-order chi connectivity index (χ1) is 15.0. The van der Waals surface area contributed by atoms with E-state index in [4.69, 9.17) is 0 Å². The van der Waals surface area contributed by atoms with Gasteiger partial charge in [-0.1, -0.05) is 64.5 Å². The number of hydrogen-bond donors (Lipinski definition) is 2. The number of rotatable bonds is 5. The molecule has 0 radical (unpaired) electrons. The lowest BCUT2D eigenvalue weighted by Crippen LogP contribution is -2.52. The molecule has 0 aromatic heterocycles. The summed E-state index contributed by atoms with van der Waals surface area (Å²) in [7, 11) is 1.74. The van der Waals surface area contributed by atoms with E-state index in [1.54, 1.807) is 14.0 Å². The number of aryl methyl sites for hydroxylation is 1. The molecule has 1 unspecified atom stereocenters. The summed E-state index contributed by atoms with van der Waals surface area (Å²) in [5, 5.41) is 8.11. The minimum Gasteiger partial charge on any atom is -0.343 e. The Morgan fingerprint density at radius 2 is 1.78 bits per heavy atom. The quantitative estimate of drug-likeness (QED) is 0.521. The van der Waals surface area contributed by atoms with Crippen molar-refractivity contribution in [2.24, 2.45) is 0 Å². The Balaban J connectivity index is 0.00000289. The summed E-state index contributed by atoms with van der Waals surface area (Å²) in [6, 6.07) is 19.4. The summed E-state index contributed by atoms with van der Waals surface area (Å²) in [6.07, 6.45) is 1.31. The highest BCUT2D eigenvalue weighted by Crippen LogP contribution is 2.32. The first kappa shape index (κ1) is 24.2. The van der Waals surface area contributed by atoms with E-state index in [1.807, 2.05) is 41.3 Å². The summed E-state index contributed by atoms with van der Waals surface area (Å²) >= 11 is 3.63. The molecule has 168 valence electrons. The third kappa shape index (κ3) is 4.82. The fraction of sp³-hybridized carbons (Fsp3) is 0.280. The van der Waals surface area contributed by atoms with E-state index in [-0.39, 0.29) is 30.3 Å². The Hall–Kier alpha value is -2.41. The molecular formula is C25H27BrClN3O2. The Labute approximate surface area is 203 Å². The van der Waals surface area contributed by atoms with Crippen LogP contribution in [0.2, 0.25) is 0 Å². The van der Waals surface area contributed by atoms with Crippen LogP contribution in [-0.2, 0) is 22.6 Å². The molecule has 2 N–H and O–H groups in total. The first-order valence-electron chi connectivity index (χ1n) is 10.5. The SMILES string of the molecule is CNC(C)C(=O)N[C@H]1CCc2ccccc2N(Cc2ccc(Br)c3ccccc23)C1=O.Cl. The normalized spacial score (nSPS) is 16.7. The molecule has 2 atom stereocenters. The Bertz CT molecular complexity index is 1140. The Morgan fingerprint density at radius 1 is 1.09 bits per heavy atom. The van der Waals surface area contributed by atoms with Gasteiger partial charge in [0.15, 0.2) is 0 Å². The largest absolute Gasteiger partial charge is 0.343 e. The van der Waals surface area contributed by atoms with Gasteiger partial charge < -0.3 is 15.5 Å². The van der Waals surface area contributed by atoms with E-state index < -0.39 is 6.04 Å². The molecule has 7 heteroatoms. The summed E-state index contributed by atoms with van der Waals surface area (Å²) in [4.78, 5) is 28.0. The van der Waals surface area contributed by atoms with Crippen molar-refractivity contribution in [3.05, 3.63) is 76.3 Å². The van der Waals surface area contributed by atoms with Gasteiger partial charge in [-0.05, 0) is 60.8 Å². The van der Waals surface area contributed by atoms with Crippen LogP contribution in [0.4, 0.5) is 5.69 Å². The number of nitrogens with zero attached hydrogens (tertiary/aromatic N) is 1. The molecular weight excluding hydrogens is 490 g/mol. The third-order valence-electron chi connectivity index (χ3n) is 5.98. The van der Waals surface area contributed by atoms with E-state index in [2.05, 4.69) is 50.8 Å². The number of fused-ring (bicyclic) bond motifs is 2. The summed E-state index contributed by atoms with van der Waals surface area (Å²) < 4.78 is 1.03. The molecule has 1 aliphatic heterocycles. The van der Waals surface area contributed by atoms with Crippen LogP contribution >= 0.6 is 28.3 Å². The van der Waals surface area contributed by atoms with Crippen molar-refractivity contribution in [2.75, 3.05) is 11.9 Å². The summed E-state index contributed by atoms with van der Waals surface area (Å²) in [5.41, 5.74) is 3.10. The van der Waals surface area contributed by atoms with Crippen molar-refractivity contribution in [1.29, 1.82) is 0 Å². The lowest BCUT2D eigenvalue weighted by molar-refractivity contribution is -0.128. The van der Waals surface area contributed by atoms with Gasteiger partial charge in [-0.25, -0.2) is 0 Å². The standard InChI is InChI=1S/C25H26BrN3O2.ClH/c1-16(27-2)24(30)28-22-14-12-17-7-3-6-10-23(17)29(25(22)31)15-18-11-13-21(26)20-9-5-4-8-19(18)20;/h3-11,13,16,22,27H,12,14-15H2,1-2H3,(H,28,30);1H/t16?,22-;/m0./s1. The number of nitrogens with one attached hydrogen (secondary N) is 2. The number of likely N-dealkylation sites (N-methyl/N-ethyl adjacent to an activating group) is 1. The highest BCUT2D eigenvalue weighted by Gasteiger charge is 2.32. The van der Waals surface area contributed by atoms with Crippen LogP contribution in [0.15, 0.2) is 65.1 Å². The van der Waals surface area contributed by atoms with Crippen molar-refractivity contribution in [1.82, 2.24) is 10.6 Å². The van der Waals surface area contributed by atoms with Crippen LogP contribution in [0.1, 0.15) is 24.5 Å². The van der Waals surface area contributed by atoms with Gasteiger partial charge in [0.1, 0.15) is 6.04 Å². The maximum atomic E-state index is 13.6. The fourth-order valence-corrected chi connectivity index (χ4v) is 4.55. The molecule has 0 saturated heterocycles. The van der Waals surface area contributed by atoms with Crippen molar-refractivity contribution >= 4 is 56.6 Å². The molecule has 2 amide bonds. The third-order valence-corrected chi connectivity index (χ3v) is 6.67. The van der Waals surface area contributed by atoms with Crippen molar-refractivity contribution in [3.63, 3.8) is 0 Å². The van der Waals surface area contributed by atoms with Gasteiger partial charge >= 0.3 is 0 Å². The van der Waals surface area contributed by atoms with Gasteiger partial charge in [0.25, 0.3) is 0 Å². The minimum atomic E-state index is -0.558. The number of anilines is 1. The predicted molar refractivity (Wildman–Crippen MR) is 135 cm³/mol. The van der Waals surface area contributed by atoms with Crippen LogP contribution in [0.5, 0.6) is 0 Å². The van der Waals surface area contributed by atoms with E-state index in [0.717, 1.165) is 38.5 Å². The van der Waals surface area contributed by atoms with Gasteiger partial charge in [0.2, 0.25) is 11.8 Å². The van der Waals surface area contributed by atoms with Crippen LogP contribution in [0.3, 0.4) is 0 Å². The lowest BCUT2D eigenvalue weighted by Gasteiger charge is -2.27. The molecule has 0 spiro atoms. The van der Waals surface area contributed by atoms with Gasteiger partial charge in [-0.15, -0.1) is 12.4 Å². The molecule has 0 fully saturated rings. The molecule has 0 saturated carbocycles. The molecule has 0 aliphatic carbocycles. The van der Waals surface area contributed by atoms with E-state index in [9.17, 15) is 9.59 Å². The minimum absolute atomic E-state index is 0. The van der Waals surface area contributed by atoms with Crippen LogP contribution in [0.25, 0.3) is 10.8 Å². The second-order valence-electron chi connectivity index (χ2n) is 7.92.